The maximum Gasteiger partial charge on any atom is 0.397 e. The fourth-order valence-electron chi connectivity index (χ4n) is 1.55. The number of anilines is 1. The minimum atomic E-state index is -6.17. The molecule has 0 spiro atoms. The summed E-state index contributed by atoms with van der Waals surface area (Å²) >= 11 is 5.43. The quantitative estimate of drug-likeness (QED) is 0.597. The lowest BCUT2D eigenvalue weighted by Gasteiger charge is -2.21. The molecule has 17 heteroatoms. The summed E-state index contributed by atoms with van der Waals surface area (Å²) in [5.41, 5.74) is 0. The predicted octanol–water partition coefficient (Wildman–Crippen LogP) is 2.16. The normalized spacial score (nSPS) is 13.2. The van der Waals surface area contributed by atoms with E-state index in [1.54, 1.807) is 0 Å². The number of hydrogen-bond acceptors (Lipinski definition) is 7. The maximum atomic E-state index is 12.3. The molecule has 0 unspecified atom stereocenters. The molecule has 1 aromatic rings. The molecule has 1 aromatic heterocycles. The third-order valence-electron chi connectivity index (χ3n) is 2.60. The average Bonchev–Trinajstić information content (AvgIpc) is 2.45. The molecule has 0 aliphatic rings. The van der Waals surface area contributed by atoms with Gasteiger partial charge in [0, 0.05) is 6.20 Å². The molecule has 0 N–H and O–H groups in total. The highest BCUT2D eigenvalue weighted by molar-refractivity contribution is 8.23. The standard InChI is InChI=1S/C11H7ClF6N2O6S2/c12-6-1-2-7(19-5-6)20(27(23,24)8(21)3-10(13,14)15)28(25,26)9(22)4-11(16,17)18/h1-2,5H,3-4H2. The van der Waals surface area contributed by atoms with E-state index in [-0.39, 0.29) is 5.02 Å². The Labute approximate surface area is 158 Å². The van der Waals surface area contributed by atoms with Crippen molar-refractivity contribution in [2.75, 3.05) is 3.71 Å². The van der Waals surface area contributed by atoms with Crippen molar-refractivity contribution < 1.29 is 52.8 Å². The molecule has 28 heavy (non-hydrogen) atoms. The van der Waals surface area contributed by atoms with E-state index in [0.717, 1.165) is 6.07 Å². The van der Waals surface area contributed by atoms with Gasteiger partial charge in [0.1, 0.15) is 12.8 Å². The van der Waals surface area contributed by atoms with Crippen molar-refractivity contribution in [2.24, 2.45) is 0 Å². The smallest absolute Gasteiger partial charge is 0.279 e. The van der Waals surface area contributed by atoms with Gasteiger partial charge in [-0.05, 0) is 12.1 Å². The van der Waals surface area contributed by atoms with Crippen LogP contribution in [0.5, 0.6) is 0 Å². The molecule has 0 bridgehead atoms. The van der Waals surface area contributed by atoms with E-state index in [2.05, 4.69) is 4.98 Å². The van der Waals surface area contributed by atoms with E-state index in [9.17, 15) is 52.8 Å². The summed E-state index contributed by atoms with van der Waals surface area (Å²) in [6.07, 6.45) is -15.5. The molecule has 0 amide bonds. The van der Waals surface area contributed by atoms with E-state index < -0.39 is 65.0 Å². The molecule has 0 fully saturated rings. The van der Waals surface area contributed by atoms with Crippen molar-refractivity contribution in [3.63, 3.8) is 0 Å². The summed E-state index contributed by atoms with van der Waals surface area (Å²) in [5.74, 6) is -1.34. The van der Waals surface area contributed by atoms with Crippen molar-refractivity contribution >= 4 is 47.7 Å². The highest BCUT2D eigenvalue weighted by Gasteiger charge is 2.49. The summed E-state index contributed by atoms with van der Waals surface area (Å²) < 4.78 is 121. The minimum absolute atomic E-state index is 0.235. The molecule has 1 heterocycles. The van der Waals surface area contributed by atoms with Crippen LogP contribution in [-0.4, -0.2) is 44.4 Å². The van der Waals surface area contributed by atoms with Crippen LogP contribution in [0.2, 0.25) is 5.02 Å². The second-order valence-corrected chi connectivity index (χ2v) is 9.08. The second-order valence-electron chi connectivity index (χ2n) is 4.87. The molecule has 0 aromatic carbocycles. The van der Waals surface area contributed by atoms with E-state index in [1.807, 2.05) is 0 Å². The Morgan fingerprint density at radius 1 is 0.893 bits per heavy atom. The number of rotatable bonds is 5. The van der Waals surface area contributed by atoms with E-state index in [0.29, 0.717) is 12.3 Å². The SMILES string of the molecule is O=C(CC(F)(F)F)S(=O)(=O)N(c1ccc(Cl)cn1)S(=O)(=O)C(=O)CC(F)(F)F. The van der Waals surface area contributed by atoms with Crippen LogP contribution in [0.25, 0.3) is 0 Å². The topological polar surface area (TPSA) is 119 Å². The van der Waals surface area contributed by atoms with Gasteiger partial charge in [0.15, 0.2) is 5.82 Å². The summed E-state index contributed by atoms with van der Waals surface area (Å²) in [4.78, 5) is 26.2. The van der Waals surface area contributed by atoms with Gasteiger partial charge in [-0.2, -0.15) is 43.2 Å². The first-order valence-electron chi connectivity index (χ1n) is 6.49. The Kier molecular flexibility index (Phi) is 6.73. The number of sulfonamides is 2. The Morgan fingerprint density at radius 3 is 1.57 bits per heavy atom. The summed E-state index contributed by atoms with van der Waals surface area (Å²) in [5, 5.41) is -5.71. The molecule has 0 atom stereocenters. The van der Waals surface area contributed by atoms with Crippen LogP contribution in [0.1, 0.15) is 12.8 Å². The maximum absolute atomic E-state index is 12.3. The zero-order valence-corrected chi connectivity index (χ0v) is 15.3. The van der Waals surface area contributed by atoms with Gasteiger partial charge in [-0.25, -0.2) is 4.98 Å². The Morgan fingerprint density at radius 2 is 1.29 bits per heavy atom. The lowest BCUT2D eigenvalue weighted by Crippen LogP contribution is -2.46. The van der Waals surface area contributed by atoms with Crippen molar-refractivity contribution in [3.8, 4) is 0 Å². The largest absolute Gasteiger partial charge is 0.397 e. The van der Waals surface area contributed by atoms with Crippen LogP contribution in [-0.2, 0) is 29.6 Å². The third-order valence-corrected chi connectivity index (χ3v) is 6.69. The van der Waals surface area contributed by atoms with Crippen molar-refractivity contribution in [1.29, 1.82) is 0 Å². The first-order valence-corrected chi connectivity index (χ1v) is 9.75. The summed E-state index contributed by atoms with van der Waals surface area (Å²) in [7, 11) is -12.3. The zero-order chi connectivity index (χ0) is 22.1. The van der Waals surface area contributed by atoms with E-state index in [1.165, 1.54) is 0 Å². The van der Waals surface area contributed by atoms with Crippen LogP contribution in [0.3, 0.4) is 0 Å². The molecule has 0 aliphatic carbocycles. The zero-order valence-electron chi connectivity index (χ0n) is 13.0. The fourth-order valence-corrected chi connectivity index (χ4v) is 4.96. The highest BCUT2D eigenvalue weighted by atomic mass is 35.5. The molecule has 0 radical (unpaired) electrons. The highest BCUT2D eigenvalue weighted by Crippen LogP contribution is 2.29. The average molecular weight is 477 g/mol. The molecule has 0 aliphatic heterocycles. The molecular formula is C11H7ClF6N2O6S2. The number of alkyl halides is 6. The third kappa shape index (κ3) is 6.03. The van der Waals surface area contributed by atoms with Gasteiger partial charge < -0.3 is 0 Å². The fraction of sp³-hybridized carbons (Fsp3) is 0.364. The summed E-state index contributed by atoms with van der Waals surface area (Å²) in [6.45, 7) is 0. The molecule has 8 nitrogen and oxygen atoms in total. The van der Waals surface area contributed by atoms with Crippen LogP contribution < -0.4 is 3.71 Å². The predicted molar refractivity (Wildman–Crippen MR) is 80.9 cm³/mol. The number of hydrogen-bond donors (Lipinski definition) is 0. The van der Waals surface area contributed by atoms with Crippen LogP contribution >= 0.6 is 11.6 Å². The number of carbonyl (C=O) groups excluding carboxylic acids is 2. The van der Waals surface area contributed by atoms with Gasteiger partial charge in [-0.1, -0.05) is 11.6 Å². The van der Waals surface area contributed by atoms with E-state index in [4.69, 9.17) is 11.6 Å². The van der Waals surface area contributed by atoms with Crippen LogP contribution in [0.4, 0.5) is 32.2 Å². The Hall–Kier alpha value is -1.94. The van der Waals surface area contributed by atoms with Gasteiger partial charge in [0.25, 0.3) is 10.2 Å². The van der Waals surface area contributed by atoms with Gasteiger partial charge in [0.2, 0.25) is 0 Å². The number of nitrogens with zero attached hydrogens (tertiary/aromatic N) is 2. The number of carbonyl (C=O) groups is 2. The van der Waals surface area contributed by atoms with Crippen LogP contribution in [0.15, 0.2) is 18.3 Å². The Balaban J connectivity index is 3.60. The Bertz CT molecular complexity index is 914. The van der Waals surface area contributed by atoms with Crippen LogP contribution in [0, 0.1) is 0 Å². The molecule has 0 saturated carbocycles. The molecule has 1 rings (SSSR count). The van der Waals surface area contributed by atoms with Gasteiger partial charge in [-0.15, -0.1) is 3.71 Å². The van der Waals surface area contributed by atoms with Crippen molar-refractivity contribution in [2.45, 2.75) is 25.2 Å². The number of halogens is 7. The lowest BCUT2D eigenvalue weighted by molar-refractivity contribution is -0.148. The minimum Gasteiger partial charge on any atom is -0.279 e. The summed E-state index contributed by atoms with van der Waals surface area (Å²) in [6, 6.07) is 1.23. The molecule has 158 valence electrons. The lowest BCUT2D eigenvalue weighted by atomic mass is 10.5. The number of pyridine rings is 1. The second kappa shape index (κ2) is 7.82. The van der Waals surface area contributed by atoms with Gasteiger partial charge in [-0.3, -0.25) is 9.59 Å². The molecule has 0 saturated heterocycles. The molecular weight excluding hydrogens is 470 g/mol. The van der Waals surface area contributed by atoms with Gasteiger partial charge in [0.05, 0.1) is 5.02 Å². The monoisotopic (exact) mass is 476 g/mol. The van der Waals surface area contributed by atoms with Crippen molar-refractivity contribution in [1.82, 2.24) is 4.98 Å². The first kappa shape index (κ1) is 24.1. The first-order chi connectivity index (χ1) is 12.4. The number of aromatic nitrogens is 1. The van der Waals surface area contributed by atoms with Crippen molar-refractivity contribution in [3.05, 3.63) is 23.4 Å². The van der Waals surface area contributed by atoms with Gasteiger partial charge >= 0.3 is 32.4 Å². The van der Waals surface area contributed by atoms with E-state index >= 15 is 0 Å².